The van der Waals surface area contributed by atoms with Crippen LogP contribution in [0.5, 0.6) is 0 Å². The first-order valence-corrected chi connectivity index (χ1v) is 12.6. The van der Waals surface area contributed by atoms with Crippen molar-refractivity contribution in [1.82, 2.24) is 20.1 Å². The van der Waals surface area contributed by atoms with Crippen molar-refractivity contribution >= 4 is 34.2 Å². The molecule has 8 nitrogen and oxygen atoms in total. The second kappa shape index (κ2) is 11.1. The molecule has 2 N–H and O–H groups in total. The number of piperazine rings is 1. The fourth-order valence-corrected chi connectivity index (χ4v) is 4.96. The van der Waals surface area contributed by atoms with E-state index in [1.165, 1.54) is 6.42 Å². The Bertz CT molecular complexity index is 1020. The minimum atomic E-state index is -0.148. The SMILES string of the molecule is CCN1CCCC1CNC(=O)CCC(=O)Nc1ccc2nc(N3CCN(C)CC3)cc(C)c2c1. The van der Waals surface area contributed by atoms with Crippen LogP contribution < -0.4 is 15.5 Å². The fraction of sp³-hybridized carbons (Fsp3) is 0.577. The van der Waals surface area contributed by atoms with Gasteiger partial charge in [-0.2, -0.15) is 0 Å². The Morgan fingerprint density at radius 3 is 2.59 bits per heavy atom. The van der Waals surface area contributed by atoms with Crippen LogP contribution in [0.2, 0.25) is 0 Å². The van der Waals surface area contributed by atoms with Gasteiger partial charge in [-0.3, -0.25) is 14.5 Å². The number of likely N-dealkylation sites (tertiary alicyclic amines) is 1. The molecule has 3 heterocycles. The molecule has 2 aliphatic rings. The number of hydrogen-bond donors (Lipinski definition) is 2. The van der Waals surface area contributed by atoms with Gasteiger partial charge in [-0.1, -0.05) is 6.92 Å². The highest BCUT2D eigenvalue weighted by atomic mass is 16.2. The molecule has 2 amide bonds. The van der Waals surface area contributed by atoms with E-state index in [1.807, 2.05) is 18.2 Å². The molecular weight excluding hydrogens is 428 g/mol. The third-order valence-electron chi connectivity index (χ3n) is 7.13. The van der Waals surface area contributed by atoms with E-state index in [0.717, 1.165) is 73.7 Å². The number of fused-ring (bicyclic) bond motifs is 1. The van der Waals surface area contributed by atoms with Gasteiger partial charge in [0.05, 0.1) is 5.52 Å². The van der Waals surface area contributed by atoms with E-state index in [-0.39, 0.29) is 24.7 Å². The standard InChI is InChI=1S/C26H38N6O2/c1-4-31-11-5-6-21(31)18-27-25(33)9-10-26(34)28-20-7-8-23-22(17-20)19(2)16-24(29-23)32-14-12-30(3)13-15-32/h7-8,16-17,21H,4-6,9-15,18H2,1-3H3,(H,27,33)(H,28,34). The lowest BCUT2D eigenvalue weighted by Gasteiger charge is -2.33. The topological polar surface area (TPSA) is 80.8 Å². The molecule has 0 aliphatic carbocycles. The predicted octanol–water partition coefficient (Wildman–Crippen LogP) is 2.61. The molecule has 1 unspecified atom stereocenters. The lowest BCUT2D eigenvalue weighted by molar-refractivity contribution is -0.124. The molecule has 34 heavy (non-hydrogen) atoms. The van der Waals surface area contributed by atoms with Crippen molar-refractivity contribution in [2.75, 3.05) is 63.1 Å². The molecule has 2 aliphatic heterocycles. The number of nitrogens with zero attached hydrogens (tertiary/aromatic N) is 4. The van der Waals surface area contributed by atoms with Crippen LogP contribution in [0.15, 0.2) is 24.3 Å². The van der Waals surface area contributed by atoms with E-state index in [4.69, 9.17) is 4.98 Å². The van der Waals surface area contributed by atoms with Gasteiger partial charge in [-0.25, -0.2) is 4.98 Å². The Kier molecular flexibility index (Phi) is 8.00. The summed E-state index contributed by atoms with van der Waals surface area (Å²) in [7, 11) is 2.15. The summed E-state index contributed by atoms with van der Waals surface area (Å²) in [4.78, 5) is 36.6. The molecule has 0 bridgehead atoms. The summed E-state index contributed by atoms with van der Waals surface area (Å²) in [6, 6.07) is 8.38. The molecule has 0 spiro atoms. The zero-order valence-electron chi connectivity index (χ0n) is 20.8. The maximum Gasteiger partial charge on any atom is 0.224 e. The number of pyridine rings is 1. The number of carbonyl (C=O) groups is 2. The number of aryl methyl sites for hydroxylation is 1. The van der Waals surface area contributed by atoms with Gasteiger partial charge < -0.3 is 20.4 Å². The highest BCUT2D eigenvalue weighted by Crippen LogP contribution is 2.26. The molecule has 0 radical (unpaired) electrons. The number of rotatable bonds is 8. The number of benzene rings is 1. The van der Waals surface area contributed by atoms with E-state index in [1.54, 1.807) is 0 Å². The van der Waals surface area contributed by atoms with Crippen LogP contribution in [-0.2, 0) is 9.59 Å². The monoisotopic (exact) mass is 466 g/mol. The Morgan fingerprint density at radius 2 is 1.82 bits per heavy atom. The quantitative estimate of drug-likeness (QED) is 0.623. The van der Waals surface area contributed by atoms with Crippen molar-refractivity contribution in [2.24, 2.45) is 0 Å². The summed E-state index contributed by atoms with van der Waals surface area (Å²) in [6.45, 7) is 11.1. The summed E-state index contributed by atoms with van der Waals surface area (Å²) in [5.74, 6) is 0.805. The highest BCUT2D eigenvalue weighted by Gasteiger charge is 2.23. The number of likely N-dealkylation sites (N-methyl/N-ethyl adjacent to an activating group) is 2. The van der Waals surface area contributed by atoms with Gasteiger partial charge in [0.2, 0.25) is 11.8 Å². The number of aromatic nitrogens is 1. The summed E-state index contributed by atoms with van der Waals surface area (Å²) < 4.78 is 0. The van der Waals surface area contributed by atoms with Crippen LogP contribution in [0.3, 0.4) is 0 Å². The minimum absolute atomic E-state index is 0.0619. The molecule has 1 aromatic carbocycles. The van der Waals surface area contributed by atoms with Gasteiger partial charge in [0.15, 0.2) is 0 Å². The van der Waals surface area contributed by atoms with Crippen LogP contribution in [0.1, 0.15) is 38.2 Å². The fourth-order valence-electron chi connectivity index (χ4n) is 4.96. The molecule has 8 heteroatoms. The number of anilines is 2. The average molecular weight is 467 g/mol. The Labute approximate surface area is 202 Å². The van der Waals surface area contributed by atoms with E-state index in [0.29, 0.717) is 12.6 Å². The number of nitrogens with one attached hydrogen (secondary N) is 2. The van der Waals surface area contributed by atoms with Crippen molar-refractivity contribution in [3.63, 3.8) is 0 Å². The smallest absolute Gasteiger partial charge is 0.224 e. The van der Waals surface area contributed by atoms with Crippen LogP contribution >= 0.6 is 0 Å². The molecule has 4 rings (SSSR count). The first-order valence-electron chi connectivity index (χ1n) is 12.6. The first-order chi connectivity index (χ1) is 16.4. The molecule has 184 valence electrons. The summed E-state index contributed by atoms with van der Waals surface area (Å²) in [6.07, 6.45) is 2.69. The van der Waals surface area contributed by atoms with Gasteiger partial charge in [0.25, 0.3) is 0 Å². The molecule has 2 fully saturated rings. The van der Waals surface area contributed by atoms with Crippen LogP contribution in [-0.4, -0.2) is 85.5 Å². The summed E-state index contributed by atoms with van der Waals surface area (Å²) >= 11 is 0. The Morgan fingerprint density at radius 1 is 1.06 bits per heavy atom. The van der Waals surface area contributed by atoms with Crippen LogP contribution in [0.25, 0.3) is 10.9 Å². The van der Waals surface area contributed by atoms with Crippen molar-refractivity contribution in [2.45, 2.75) is 45.6 Å². The second-order valence-corrected chi connectivity index (χ2v) is 9.60. The zero-order valence-corrected chi connectivity index (χ0v) is 20.8. The molecule has 1 aromatic heterocycles. The Balaban J connectivity index is 1.29. The molecule has 1 atom stereocenters. The van der Waals surface area contributed by atoms with Crippen molar-refractivity contribution < 1.29 is 9.59 Å². The van der Waals surface area contributed by atoms with E-state index in [2.05, 4.69) is 52.3 Å². The number of carbonyl (C=O) groups excluding carboxylic acids is 2. The lowest BCUT2D eigenvalue weighted by atomic mass is 10.1. The van der Waals surface area contributed by atoms with Gasteiger partial charge in [0, 0.05) is 62.7 Å². The maximum absolute atomic E-state index is 12.5. The average Bonchev–Trinajstić information content (AvgIpc) is 3.30. The maximum atomic E-state index is 12.5. The predicted molar refractivity (Wildman–Crippen MR) is 137 cm³/mol. The molecule has 2 saturated heterocycles. The van der Waals surface area contributed by atoms with Gasteiger partial charge in [0.1, 0.15) is 5.82 Å². The first kappa shape index (κ1) is 24.4. The van der Waals surface area contributed by atoms with E-state index >= 15 is 0 Å². The third kappa shape index (κ3) is 6.04. The minimum Gasteiger partial charge on any atom is -0.355 e. The number of amides is 2. The van der Waals surface area contributed by atoms with Crippen LogP contribution in [0.4, 0.5) is 11.5 Å². The van der Waals surface area contributed by atoms with Gasteiger partial charge in [-0.05, 0) is 69.7 Å². The van der Waals surface area contributed by atoms with Gasteiger partial charge in [-0.15, -0.1) is 0 Å². The third-order valence-corrected chi connectivity index (χ3v) is 7.13. The van der Waals surface area contributed by atoms with E-state index in [9.17, 15) is 9.59 Å². The molecule has 2 aromatic rings. The highest BCUT2D eigenvalue weighted by molar-refractivity contribution is 5.96. The largest absolute Gasteiger partial charge is 0.355 e. The van der Waals surface area contributed by atoms with Crippen LogP contribution in [0, 0.1) is 6.92 Å². The van der Waals surface area contributed by atoms with Crippen molar-refractivity contribution in [1.29, 1.82) is 0 Å². The molecule has 0 saturated carbocycles. The second-order valence-electron chi connectivity index (χ2n) is 9.60. The van der Waals surface area contributed by atoms with Gasteiger partial charge >= 0.3 is 0 Å². The Hall–Kier alpha value is -2.71. The summed E-state index contributed by atoms with van der Waals surface area (Å²) in [5.41, 5.74) is 2.81. The zero-order chi connectivity index (χ0) is 24.1. The lowest BCUT2D eigenvalue weighted by Crippen LogP contribution is -2.44. The molecular formula is C26H38N6O2. The van der Waals surface area contributed by atoms with Crippen molar-refractivity contribution in [3.05, 3.63) is 29.8 Å². The number of hydrogen-bond acceptors (Lipinski definition) is 6. The van der Waals surface area contributed by atoms with Crippen molar-refractivity contribution in [3.8, 4) is 0 Å². The van der Waals surface area contributed by atoms with E-state index < -0.39 is 0 Å². The summed E-state index contributed by atoms with van der Waals surface area (Å²) in [5, 5.41) is 6.97. The normalized spacial score (nSPS) is 19.5.